The lowest BCUT2D eigenvalue weighted by atomic mass is 10.4. The molecule has 5 nitrogen and oxygen atoms in total. The largest absolute Gasteiger partial charge is 0.322 e. The molecule has 2 N–H and O–H groups in total. The van der Waals surface area contributed by atoms with E-state index in [1.54, 1.807) is 12.2 Å². The summed E-state index contributed by atoms with van der Waals surface area (Å²) in [6.07, 6.45) is 2.66. The Labute approximate surface area is 63.8 Å². The van der Waals surface area contributed by atoms with Crippen molar-refractivity contribution in [3.63, 3.8) is 0 Å². The highest BCUT2D eigenvalue weighted by Crippen LogP contribution is 2.09. The Morgan fingerprint density at radius 1 is 1.82 bits per heavy atom. The van der Waals surface area contributed by atoms with Gasteiger partial charge in [0, 0.05) is 6.54 Å². The summed E-state index contributed by atoms with van der Waals surface area (Å²) in [6.45, 7) is 0.361. The summed E-state index contributed by atoms with van der Waals surface area (Å²) in [5.41, 5.74) is 5.11. The van der Waals surface area contributed by atoms with Crippen LogP contribution >= 0.6 is 0 Å². The molecule has 0 saturated carbocycles. The van der Waals surface area contributed by atoms with E-state index in [1.165, 1.54) is 4.90 Å². The van der Waals surface area contributed by atoms with E-state index in [2.05, 4.69) is 5.18 Å². The second kappa shape index (κ2) is 3.25. The molecule has 0 aromatic heterocycles. The molecule has 0 radical (unpaired) electrons. The lowest BCUT2D eigenvalue weighted by Gasteiger charge is -2.17. The minimum Gasteiger partial charge on any atom is -0.322 e. The summed E-state index contributed by atoms with van der Waals surface area (Å²) in [7, 11) is 0. The van der Waals surface area contributed by atoms with E-state index in [0.717, 1.165) is 0 Å². The van der Waals surface area contributed by atoms with Gasteiger partial charge in [-0.05, 0) is 11.3 Å². The van der Waals surface area contributed by atoms with E-state index in [4.69, 9.17) is 5.73 Å². The van der Waals surface area contributed by atoms with Gasteiger partial charge in [-0.25, -0.2) is 0 Å². The van der Waals surface area contributed by atoms with E-state index in [-0.39, 0.29) is 12.5 Å². The zero-order chi connectivity index (χ0) is 8.27. The Hall–Kier alpha value is -1.23. The summed E-state index contributed by atoms with van der Waals surface area (Å²) >= 11 is 0. The quantitative estimate of drug-likeness (QED) is 0.429. The second-order valence-electron chi connectivity index (χ2n) is 2.20. The normalized spacial score (nSPS) is 22.3. The number of hydrogen-bond donors (Lipinski definition) is 1. The van der Waals surface area contributed by atoms with Crippen LogP contribution in [0.1, 0.15) is 0 Å². The Morgan fingerprint density at radius 3 is 3.09 bits per heavy atom. The van der Waals surface area contributed by atoms with Crippen molar-refractivity contribution in [2.45, 2.75) is 6.17 Å². The van der Waals surface area contributed by atoms with Gasteiger partial charge < -0.3 is 10.6 Å². The predicted octanol–water partition coefficient (Wildman–Crippen LogP) is -0.564. The summed E-state index contributed by atoms with van der Waals surface area (Å²) in [5, 5.41) is 2.75. The Bertz CT molecular complexity index is 202. The fourth-order valence-electron chi connectivity index (χ4n) is 0.967. The molecule has 0 aromatic rings. The molecule has 11 heavy (non-hydrogen) atoms. The first-order valence-corrected chi connectivity index (χ1v) is 3.28. The van der Waals surface area contributed by atoms with Crippen molar-refractivity contribution >= 4 is 5.91 Å². The fraction of sp³-hybridized carbons (Fsp3) is 0.500. The zero-order valence-corrected chi connectivity index (χ0v) is 5.93. The van der Waals surface area contributed by atoms with Crippen LogP contribution < -0.4 is 5.73 Å². The molecule has 1 aliphatic rings. The number of nitrogens with zero attached hydrogens (tertiary/aromatic N) is 2. The SMILES string of the molecule is NCC(=O)N1CC=C[C@H]1N=O. The molecular weight excluding hydrogens is 146 g/mol. The first kappa shape index (κ1) is 7.87. The standard InChI is InChI=1S/C6H9N3O2/c7-4-6(10)9-3-1-2-5(9)8-11/h1-2,5H,3-4,7H2/t5-/m0/s1. The molecule has 0 spiro atoms. The number of amides is 1. The molecule has 1 atom stereocenters. The van der Waals surface area contributed by atoms with Crippen LogP contribution in [-0.4, -0.2) is 30.1 Å². The summed E-state index contributed by atoms with van der Waals surface area (Å²) < 4.78 is 0. The lowest BCUT2D eigenvalue weighted by molar-refractivity contribution is -0.129. The molecule has 60 valence electrons. The Morgan fingerprint density at radius 2 is 2.55 bits per heavy atom. The van der Waals surface area contributed by atoms with Crippen LogP contribution in [0.5, 0.6) is 0 Å². The molecule has 5 heteroatoms. The molecule has 0 aliphatic carbocycles. The maximum Gasteiger partial charge on any atom is 0.238 e. The maximum absolute atomic E-state index is 10.9. The minimum absolute atomic E-state index is 0.0757. The average Bonchev–Trinajstić information content (AvgIpc) is 2.50. The van der Waals surface area contributed by atoms with E-state index in [0.29, 0.717) is 6.54 Å². The molecule has 0 unspecified atom stereocenters. The van der Waals surface area contributed by atoms with Gasteiger partial charge in [0.25, 0.3) is 0 Å². The first-order chi connectivity index (χ1) is 5.29. The molecule has 1 amide bonds. The Balaban J connectivity index is 2.60. The molecule has 0 saturated heterocycles. The summed E-state index contributed by atoms with van der Waals surface area (Å²) in [5.74, 6) is -0.250. The van der Waals surface area contributed by atoms with Crippen LogP contribution in [0, 0.1) is 4.91 Å². The summed E-state index contributed by atoms with van der Waals surface area (Å²) in [4.78, 5) is 22.4. The van der Waals surface area contributed by atoms with Crippen molar-refractivity contribution in [3.05, 3.63) is 17.1 Å². The topological polar surface area (TPSA) is 75.8 Å². The van der Waals surface area contributed by atoms with Crippen molar-refractivity contribution in [2.24, 2.45) is 10.9 Å². The first-order valence-electron chi connectivity index (χ1n) is 3.28. The van der Waals surface area contributed by atoms with Crippen LogP contribution in [0.3, 0.4) is 0 Å². The van der Waals surface area contributed by atoms with Gasteiger partial charge in [-0.3, -0.25) is 4.79 Å². The third kappa shape index (κ3) is 1.43. The maximum atomic E-state index is 10.9. The highest BCUT2D eigenvalue weighted by atomic mass is 16.3. The van der Waals surface area contributed by atoms with Crippen LogP contribution in [0.2, 0.25) is 0 Å². The van der Waals surface area contributed by atoms with Crippen LogP contribution in [-0.2, 0) is 4.79 Å². The molecular formula is C6H9N3O2. The third-order valence-electron chi connectivity index (χ3n) is 1.53. The molecule has 1 aliphatic heterocycles. The molecule has 1 heterocycles. The number of rotatable bonds is 2. The van der Waals surface area contributed by atoms with Gasteiger partial charge in [-0.15, -0.1) is 4.91 Å². The number of carbonyl (C=O) groups is 1. The van der Waals surface area contributed by atoms with Gasteiger partial charge in [0.15, 0.2) is 6.17 Å². The average molecular weight is 155 g/mol. The van der Waals surface area contributed by atoms with E-state index >= 15 is 0 Å². The summed E-state index contributed by atoms with van der Waals surface area (Å²) in [6, 6.07) is 0. The second-order valence-corrected chi connectivity index (χ2v) is 2.20. The number of hydrogen-bond acceptors (Lipinski definition) is 4. The number of carbonyl (C=O) groups excluding carboxylic acids is 1. The van der Waals surface area contributed by atoms with Crippen molar-refractivity contribution in [1.82, 2.24) is 4.90 Å². The van der Waals surface area contributed by atoms with Crippen molar-refractivity contribution < 1.29 is 4.79 Å². The van der Waals surface area contributed by atoms with E-state index in [1.807, 2.05) is 0 Å². The van der Waals surface area contributed by atoms with Gasteiger partial charge in [0.1, 0.15) is 0 Å². The van der Waals surface area contributed by atoms with Gasteiger partial charge in [-0.2, -0.15) is 0 Å². The fourth-order valence-corrected chi connectivity index (χ4v) is 0.967. The third-order valence-corrected chi connectivity index (χ3v) is 1.53. The lowest BCUT2D eigenvalue weighted by Crippen LogP contribution is -2.38. The van der Waals surface area contributed by atoms with Gasteiger partial charge >= 0.3 is 0 Å². The van der Waals surface area contributed by atoms with Gasteiger partial charge in [-0.1, -0.05) is 6.08 Å². The Kier molecular flexibility index (Phi) is 2.32. The molecule has 0 fully saturated rings. The van der Waals surface area contributed by atoms with Crippen molar-refractivity contribution in [2.75, 3.05) is 13.1 Å². The minimum atomic E-state index is -0.647. The highest BCUT2D eigenvalue weighted by molar-refractivity contribution is 5.79. The number of nitrogens with two attached hydrogens (primary N) is 1. The van der Waals surface area contributed by atoms with Crippen LogP contribution in [0.15, 0.2) is 17.3 Å². The number of nitroso groups, excluding NO2 is 1. The predicted molar refractivity (Wildman–Crippen MR) is 39.5 cm³/mol. The zero-order valence-electron chi connectivity index (χ0n) is 5.93. The smallest absolute Gasteiger partial charge is 0.238 e. The molecule has 0 aromatic carbocycles. The van der Waals surface area contributed by atoms with Crippen LogP contribution in [0.25, 0.3) is 0 Å². The van der Waals surface area contributed by atoms with Crippen molar-refractivity contribution in [3.8, 4) is 0 Å². The van der Waals surface area contributed by atoms with Gasteiger partial charge in [0.2, 0.25) is 5.91 Å². The highest BCUT2D eigenvalue weighted by Gasteiger charge is 2.23. The monoisotopic (exact) mass is 155 g/mol. The van der Waals surface area contributed by atoms with E-state index in [9.17, 15) is 9.70 Å². The molecule has 1 rings (SSSR count). The van der Waals surface area contributed by atoms with Gasteiger partial charge in [0.05, 0.1) is 6.54 Å². The van der Waals surface area contributed by atoms with E-state index < -0.39 is 6.17 Å². The van der Waals surface area contributed by atoms with Crippen molar-refractivity contribution in [1.29, 1.82) is 0 Å². The van der Waals surface area contributed by atoms with Crippen LogP contribution in [0.4, 0.5) is 0 Å². The molecule has 0 bridgehead atoms.